The molecule has 0 aliphatic heterocycles. The Morgan fingerprint density at radius 2 is 1.57 bits per heavy atom. The van der Waals surface area contributed by atoms with Crippen molar-refractivity contribution in [3.63, 3.8) is 0 Å². The second kappa shape index (κ2) is 8.29. The molecule has 0 saturated carbocycles. The minimum atomic E-state index is -0.682. The van der Waals surface area contributed by atoms with Crippen LogP contribution in [-0.4, -0.2) is 31.5 Å². The normalized spacial score (nSPS) is 11.9. The highest BCUT2D eigenvalue weighted by molar-refractivity contribution is 5.39. The van der Waals surface area contributed by atoms with Crippen LogP contribution in [0.5, 0.6) is 11.5 Å². The zero-order valence-electron chi connectivity index (χ0n) is 12.1. The van der Waals surface area contributed by atoms with Crippen LogP contribution in [0.2, 0.25) is 0 Å². The molecule has 4 heteroatoms. The van der Waals surface area contributed by atoms with Crippen molar-refractivity contribution in [2.24, 2.45) is 0 Å². The molecule has 0 amide bonds. The number of hydrogen-bond acceptors (Lipinski definition) is 4. The number of aliphatic hydroxyl groups is 1. The molecular formula is C17H20O4. The zero-order valence-corrected chi connectivity index (χ0v) is 12.1. The molecule has 0 fully saturated rings. The molecule has 2 rings (SSSR count). The molecule has 112 valence electrons. The first-order valence-electron chi connectivity index (χ1n) is 6.85. The lowest BCUT2D eigenvalue weighted by atomic mass is 10.2. The van der Waals surface area contributed by atoms with E-state index in [4.69, 9.17) is 14.2 Å². The van der Waals surface area contributed by atoms with Gasteiger partial charge in [-0.2, -0.15) is 0 Å². The summed E-state index contributed by atoms with van der Waals surface area (Å²) in [5.41, 5.74) is 1.08. The molecule has 21 heavy (non-hydrogen) atoms. The van der Waals surface area contributed by atoms with Gasteiger partial charge in [0.15, 0.2) is 11.5 Å². The van der Waals surface area contributed by atoms with Crippen LogP contribution >= 0.6 is 0 Å². The van der Waals surface area contributed by atoms with Crippen molar-refractivity contribution in [2.45, 2.75) is 12.7 Å². The van der Waals surface area contributed by atoms with Gasteiger partial charge in [0.25, 0.3) is 0 Å². The Kier molecular flexibility index (Phi) is 6.06. The van der Waals surface area contributed by atoms with Crippen LogP contribution in [0.4, 0.5) is 0 Å². The SMILES string of the molecule is COc1ccccc1OCC(O)COCc1ccccc1. The van der Waals surface area contributed by atoms with Crippen LogP contribution in [0.15, 0.2) is 54.6 Å². The van der Waals surface area contributed by atoms with Gasteiger partial charge in [-0.3, -0.25) is 0 Å². The Balaban J connectivity index is 1.71. The van der Waals surface area contributed by atoms with E-state index in [0.29, 0.717) is 18.1 Å². The molecule has 0 spiro atoms. The van der Waals surface area contributed by atoms with Crippen LogP contribution in [0.3, 0.4) is 0 Å². The molecule has 0 aliphatic carbocycles. The van der Waals surface area contributed by atoms with Gasteiger partial charge in [0.2, 0.25) is 0 Å². The maximum absolute atomic E-state index is 9.86. The van der Waals surface area contributed by atoms with E-state index < -0.39 is 6.10 Å². The van der Waals surface area contributed by atoms with Crippen molar-refractivity contribution < 1.29 is 19.3 Å². The van der Waals surface area contributed by atoms with Gasteiger partial charge in [0.05, 0.1) is 20.3 Å². The standard InChI is InChI=1S/C17H20O4/c1-19-16-9-5-6-10-17(16)21-13-15(18)12-20-11-14-7-3-2-4-8-14/h2-10,15,18H,11-13H2,1H3. The number of benzene rings is 2. The largest absolute Gasteiger partial charge is 0.493 e. The Labute approximate surface area is 124 Å². The molecule has 0 heterocycles. The first kappa shape index (κ1) is 15.4. The second-order valence-corrected chi connectivity index (χ2v) is 4.62. The molecule has 0 saturated heterocycles. The average Bonchev–Trinajstić information content (AvgIpc) is 2.54. The van der Waals surface area contributed by atoms with Crippen molar-refractivity contribution in [1.82, 2.24) is 0 Å². The van der Waals surface area contributed by atoms with Crippen molar-refractivity contribution in [3.05, 3.63) is 60.2 Å². The second-order valence-electron chi connectivity index (χ2n) is 4.62. The summed E-state index contributed by atoms with van der Waals surface area (Å²) in [6, 6.07) is 17.2. The third-order valence-electron chi connectivity index (χ3n) is 2.92. The summed E-state index contributed by atoms with van der Waals surface area (Å²) < 4.78 is 16.2. The van der Waals surface area contributed by atoms with Crippen LogP contribution in [0.25, 0.3) is 0 Å². The molecule has 0 bridgehead atoms. The zero-order chi connectivity index (χ0) is 14.9. The van der Waals surface area contributed by atoms with E-state index in [1.807, 2.05) is 48.5 Å². The third kappa shape index (κ3) is 5.10. The summed E-state index contributed by atoms with van der Waals surface area (Å²) >= 11 is 0. The van der Waals surface area contributed by atoms with Crippen LogP contribution in [-0.2, 0) is 11.3 Å². The highest BCUT2D eigenvalue weighted by atomic mass is 16.5. The van der Waals surface area contributed by atoms with Gasteiger partial charge in [-0.1, -0.05) is 42.5 Å². The van der Waals surface area contributed by atoms with Gasteiger partial charge in [0.1, 0.15) is 12.7 Å². The van der Waals surface area contributed by atoms with Gasteiger partial charge in [-0.25, -0.2) is 0 Å². The van der Waals surface area contributed by atoms with Gasteiger partial charge in [-0.15, -0.1) is 0 Å². The van der Waals surface area contributed by atoms with Gasteiger partial charge in [-0.05, 0) is 17.7 Å². The van der Waals surface area contributed by atoms with E-state index in [-0.39, 0.29) is 13.2 Å². The number of aliphatic hydroxyl groups excluding tert-OH is 1. The predicted molar refractivity (Wildman–Crippen MR) is 80.6 cm³/mol. The minimum absolute atomic E-state index is 0.162. The fourth-order valence-corrected chi connectivity index (χ4v) is 1.86. The van der Waals surface area contributed by atoms with E-state index in [9.17, 15) is 5.11 Å². The fraction of sp³-hybridized carbons (Fsp3) is 0.294. The van der Waals surface area contributed by atoms with E-state index in [1.54, 1.807) is 13.2 Å². The molecular weight excluding hydrogens is 268 g/mol. The quantitative estimate of drug-likeness (QED) is 0.811. The lowest BCUT2D eigenvalue weighted by Gasteiger charge is -2.14. The topological polar surface area (TPSA) is 47.9 Å². The Morgan fingerprint density at radius 3 is 2.29 bits per heavy atom. The monoisotopic (exact) mass is 288 g/mol. The first-order chi connectivity index (χ1) is 10.3. The van der Waals surface area contributed by atoms with Gasteiger partial charge in [0, 0.05) is 0 Å². The third-order valence-corrected chi connectivity index (χ3v) is 2.92. The Hall–Kier alpha value is -2.04. The molecule has 0 radical (unpaired) electrons. The predicted octanol–water partition coefficient (Wildman–Crippen LogP) is 2.65. The lowest BCUT2D eigenvalue weighted by molar-refractivity contribution is 0.00508. The van der Waals surface area contributed by atoms with Crippen LogP contribution in [0.1, 0.15) is 5.56 Å². The number of para-hydroxylation sites is 2. The molecule has 0 aliphatic rings. The van der Waals surface area contributed by atoms with E-state index in [1.165, 1.54) is 0 Å². The van der Waals surface area contributed by atoms with Crippen molar-refractivity contribution >= 4 is 0 Å². The molecule has 1 unspecified atom stereocenters. The maximum Gasteiger partial charge on any atom is 0.161 e. The first-order valence-corrected chi connectivity index (χ1v) is 6.85. The summed E-state index contributed by atoms with van der Waals surface area (Å²) in [6.45, 7) is 0.867. The summed E-state index contributed by atoms with van der Waals surface area (Å²) in [7, 11) is 1.58. The van der Waals surface area contributed by atoms with Gasteiger partial charge >= 0.3 is 0 Å². The Bertz CT molecular complexity index is 527. The highest BCUT2D eigenvalue weighted by Gasteiger charge is 2.08. The van der Waals surface area contributed by atoms with Crippen LogP contribution in [0, 0.1) is 0 Å². The fourth-order valence-electron chi connectivity index (χ4n) is 1.86. The number of rotatable bonds is 8. The van der Waals surface area contributed by atoms with E-state index in [0.717, 1.165) is 5.56 Å². The summed E-state index contributed by atoms with van der Waals surface area (Å²) in [5, 5.41) is 9.86. The van der Waals surface area contributed by atoms with E-state index in [2.05, 4.69) is 0 Å². The van der Waals surface area contributed by atoms with E-state index >= 15 is 0 Å². The summed E-state index contributed by atoms with van der Waals surface area (Å²) in [4.78, 5) is 0. The maximum atomic E-state index is 9.86. The number of methoxy groups -OCH3 is 1. The Morgan fingerprint density at radius 1 is 0.905 bits per heavy atom. The van der Waals surface area contributed by atoms with Crippen molar-refractivity contribution in [2.75, 3.05) is 20.3 Å². The van der Waals surface area contributed by atoms with Crippen LogP contribution < -0.4 is 9.47 Å². The number of ether oxygens (including phenoxy) is 3. The van der Waals surface area contributed by atoms with Crippen molar-refractivity contribution in [3.8, 4) is 11.5 Å². The molecule has 1 N–H and O–H groups in total. The lowest BCUT2D eigenvalue weighted by Crippen LogP contribution is -2.23. The molecule has 4 nitrogen and oxygen atoms in total. The summed E-state index contributed by atoms with van der Waals surface area (Å²) in [6.07, 6.45) is -0.682. The van der Waals surface area contributed by atoms with Crippen molar-refractivity contribution in [1.29, 1.82) is 0 Å². The molecule has 2 aromatic carbocycles. The van der Waals surface area contributed by atoms with Gasteiger partial charge < -0.3 is 19.3 Å². The number of hydrogen-bond donors (Lipinski definition) is 1. The smallest absolute Gasteiger partial charge is 0.161 e. The molecule has 2 aromatic rings. The summed E-state index contributed by atoms with van der Waals surface area (Å²) in [5.74, 6) is 1.26. The average molecular weight is 288 g/mol. The molecule has 0 aromatic heterocycles. The minimum Gasteiger partial charge on any atom is -0.493 e. The molecule has 1 atom stereocenters. The highest BCUT2D eigenvalue weighted by Crippen LogP contribution is 2.25.